The van der Waals surface area contributed by atoms with E-state index in [2.05, 4.69) is 15.1 Å². The van der Waals surface area contributed by atoms with Gasteiger partial charge in [-0.05, 0) is 61.9 Å². The van der Waals surface area contributed by atoms with Crippen LogP contribution in [0.3, 0.4) is 0 Å². The van der Waals surface area contributed by atoms with E-state index in [1.165, 1.54) is 6.92 Å². The molecular formula is C19H26N4O3S. The zero-order valence-corrected chi connectivity index (χ0v) is 17.0. The van der Waals surface area contributed by atoms with Crippen molar-refractivity contribution in [3.63, 3.8) is 0 Å². The molecule has 3 rings (SSSR count). The second-order valence-corrected chi connectivity index (χ2v) is 8.84. The van der Waals surface area contributed by atoms with Crippen LogP contribution in [0.2, 0.25) is 0 Å². The molecular weight excluding hydrogens is 364 g/mol. The summed E-state index contributed by atoms with van der Waals surface area (Å²) in [4.78, 5) is 11.6. The van der Waals surface area contributed by atoms with Crippen molar-refractivity contribution in [3.8, 4) is 0 Å². The Bertz CT molecular complexity index is 979. The largest absolute Gasteiger partial charge is 0.350 e. The number of carbonyl (C=O) groups is 1. The van der Waals surface area contributed by atoms with Crippen LogP contribution in [-0.4, -0.2) is 30.7 Å². The van der Waals surface area contributed by atoms with Crippen LogP contribution in [0.25, 0.3) is 0 Å². The molecule has 0 saturated carbocycles. The molecule has 27 heavy (non-hydrogen) atoms. The average Bonchev–Trinajstić information content (AvgIpc) is 3.09. The van der Waals surface area contributed by atoms with Gasteiger partial charge >= 0.3 is 0 Å². The summed E-state index contributed by atoms with van der Waals surface area (Å²) in [5, 5.41) is 7.25. The van der Waals surface area contributed by atoms with E-state index < -0.39 is 10.0 Å². The highest BCUT2D eigenvalue weighted by molar-refractivity contribution is 7.89. The highest BCUT2D eigenvalue weighted by Gasteiger charge is 2.25. The molecule has 2 aromatic rings. The van der Waals surface area contributed by atoms with Crippen LogP contribution in [0, 0.1) is 13.8 Å². The first-order valence-electron chi connectivity index (χ1n) is 9.07. The number of hydrogen-bond acceptors (Lipinski definition) is 4. The van der Waals surface area contributed by atoms with Crippen molar-refractivity contribution in [2.45, 2.75) is 51.0 Å². The second-order valence-electron chi connectivity index (χ2n) is 7.07. The minimum Gasteiger partial charge on any atom is -0.350 e. The van der Waals surface area contributed by atoms with E-state index >= 15 is 0 Å². The number of rotatable bonds is 6. The molecule has 0 spiro atoms. The van der Waals surface area contributed by atoms with Gasteiger partial charge in [-0.1, -0.05) is 6.07 Å². The molecule has 0 aliphatic heterocycles. The Labute approximate surface area is 160 Å². The number of nitrogens with zero attached hydrogens (tertiary/aromatic N) is 2. The maximum absolute atomic E-state index is 12.7. The lowest BCUT2D eigenvalue weighted by Crippen LogP contribution is -2.27. The van der Waals surface area contributed by atoms with Gasteiger partial charge in [0.1, 0.15) is 0 Å². The Morgan fingerprint density at radius 2 is 2.07 bits per heavy atom. The molecule has 1 aromatic carbocycles. The van der Waals surface area contributed by atoms with Gasteiger partial charge in [-0.2, -0.15) is 5.10 Å². The van der Waals surface area contributed by atoms with Gasteiger partial charge in [0.2, 0.25) is 15.9 Å². The Morgan fingerprint density at radius 3 is 2.70 bits per heavy atom. The number of aryl methyl sites for hydroxylation is 3. The summed E-state index contributed by atoms with van der Waals surface area (Å²) in [5.74, 6) is -0.110. The number of sulfonamides is 1. The van der Waals surface area contributed by atoms with Crippen LogP contribution in [-0.2, 0) is 34.7 Å². The van der Waals surface area contributed by atoms with E-state index in [0.29, 0.717) is 13.0 Å². The van der Waals surface area contributed by atoms with Gasteiger partial charge in [0.25, 0.3) is 0 Å². The van der Waals surface area contributed by atoms with Crippen LogP contribution in [0.15, 0.2) is 23.1 Å². The fraction of sp³-hybridized carbons (Fsp3) is 0.474. The summed E-state index contributed by atoms with van der Waals surface area (Å²) < 4.78 is 29.9. The smallest absolute Gasteiger partial charge is 0.240 e. The van der Waals surface area contributed by atoms with E-state index in [0.717, 1.165) is 40.9 Å². The normalized spacial score (nSPS) is 16.4. The Balaban J connectivity index is 1.73. The number of carbonyl (C=O) groups excluding carboxylic acids is 1. The van der Waals surface area contributed by atoms with Crippen molar-refractivity contribution in [3.05, 3.63) is 46.3 Å². The molecule has 1 unspecified atom stereocenters. The number of benzene rings is 1. The molecule has 0 fully saturated rings. The fourth-order valence-electron chi connectivity index (χ4n) is 3.72. The van der Waals surface area contributed by atoms with Crippen molar-refractivity contribution in [2.24, 2.45) is 7.05 Å². The van der Waals surface area contributed by atoms with Gasteiger partial charge in [0.05, 0.1) is 16.6 Å². The molecule has 1 atom stereocenters. The maximum atomic E-state index is 12.7. The van der Waals surface area contributed by atoms with Crippen molar-refractivity contribution in [1.29, 1.82) is 0 Å². The lowest BCUT2D eigenvalue weighted by atomic mass is 10.1. The van der Waals surface area contributed by atoms with Gasteiger partial charge in [-0.25, -0.2) is 13.1 Å². The zero-order valence-electron chi connectivity index (χ0n) is 16.2. The standard InChI is InChI=1S/C19H26N4O3S/c1-12-17(13(2)23(4)22-12)9-10-20-27(25,26)16-7-5-15-6-8-19(18(15)11-16)21-14(3)24/h5,7,11,19-20H,6,8-10H2,1-4H3,(H,21,24). The summed E-state index contributed by atoms with van der Waals surface area (Å²) in [7, 11) is -1.73. The molecule has 1 amide bonds. The van der Waals surface area contributed by atoms with Gasteiger partial charge in [0.15, 0.2) is 0 Å². The van der Waals surface area contributed by atoms with Crippen LogP contribution in [0.4, 0.5) is 0 Å². The zero-order chi connectivity index (χ0) is 19.8. The lowest BCUT2D eigenvalue weighted by Gasteiger charge is -2.14. The lowest BCUT2D eigenvalue weighted by molar-refractivity contribution is -0.119. The van der Waals surface area contributed by atoms with Gasteiger partial charge in [-0.3, -0.25) is 9.48 Å². The Morgan fingerprint density at radius 1 is 1.33 bits per heavy atom. The maximum Gasteiger partial charge on any atom is 0.240 e. The first-order valence-corrected chi connectivity index (χ1v) is 10.6. The van der Waals surface area contributed by atoms with E-state index in [9.17, 15) is 13.2 Å². The molecule has 2 N–H and O–H groups in total. The van der Waals surface area contributed by atoms with Crippen LogP contribution < -0.4 is 10.0 Å². The summed E-state index contributed by atoms with van der Waals surface area (Å²) in [6.45, 7) is 5.69. The average molecular weight is 391 g/mol. The molecule has 1 heterocycles. The van der Waals surface area contributed by atoms with Gasteiger partial charge < -0.3 is 5.32 Å². The fourth-order valence-corrected chi connectivity index (χ4v) is 4.78. The number of amides is 1. The van der Waals surface area contributed by atoms with Crippen LogP contribution in [0.1, 0.15) is 47.5 Å². The topological polar surface area (TPSA) is 93.1 Å². The summed E-state index contributed by atoms with van der Waals surface area (Å²) in [5.41, 5.74) is 5.02. The Kier molecular flexibility index (Phi) is 5.39. The van der Waals surface area contributed by atoms with Gasteiger partial charge in [-0.15, -0.1) is 0 Å². The van der Waals surface area contributed by atoms with E-state index in [-0.39, 0.29) is 16.8 Å². The van der Waals surface area contributed by atoms with Crippen molar-refractivity contribution in [2.75, 3.05) is 6.54 Å². The SMILES string of the molecule is CC(=O)NC1CCc2ccc(S(=O)(=O)NCCc3c(C)nn(C)c3C)cc21. The summed E-state index contributed by atoms with van der Waals surface area (Å²) in [6, 6.07) is 5.05. The molecule has 1 aromatic heterocycles. The first kappa shape index (κ1) is 19.6. The molecule has 7 nitrogen and oxygen atoms in total. The Hall–Kier alpha value is -2.19. The molecule has 146 valence electrons. The predicted octanol–water partition coefficient (Wildman–Crippen LogP) is 1.68. The molecule has 0 bridgehead atoms. The highest BCUT2D eigenvalue weighted by Crippen LogP contribution is 2.32. The third kappa shape index (κ3) is 4.06. The quantitative estimate of drug-likeness (QED) is 0.785. The number of aromatic nitrogens is 2. The first-order chi connectivity index (χ1) is 12.7. The minimum absolute atomic E-state index is 0.110. The monoisotopic (exact) mass is 390 g/mol. The predicted molar refractivity (Wildman–Crippen MR) is 103 cm³/mol. The molecule has 1 aliphatic carbocycles. The number of fused-ring (bicyclic) bond motifs is 1. The van der Waals surface area contributed by atoms with E-state index in [4.69, 9.17) is 0 Å². The summed E-state index contributed by atoms with van der Waals surface area (Å²) in [6.07, 6.45) is 2.23. The molecule has 1 aliphatic rings. The summed E-state index contributed by atoms with van der Waals surface area (Å²) >= 11 is 0. The number of nitrogens with one attached hydrogen (secondary N) is 2. The second kappa shape index (κ2) is 7.44. The van der Waals surface area contributed by atoms with E-state index in [1.807, 2.05) is 31.6 Å². The van der Waals surface area contributed by atoms with Crippen molar-refractivity contribution in [1.82, 2.24) is 19.8 Å². The van der Waals surface area contributed by atoms with E-state index in [1.54, 1.807) is 12.1 Å². The highest BCUT2D eigenvalue weighted by atomic mass is 32.2. The minimum atomic E-state index is -3.61. The third-order valence-electron chi connectivity index (χ3n) is 5.21. The van der Waals surface area contributed by atoms with Crippen LogP contribution >= 0.6 is 0 Å². The van der Waals surface area contributed by atoms with Crippen molar-refractivity contribution < 1.29 is 13.2 Å². The third-order valence-corrected chi connectivity index (χ3v) is 6.67. The van der Waals surface area contributed by atoms with Gasteiger partial charge in [0, 0.05) is 26.2 Å². The van der Waals surface area contributed by atoms with Crippen LogP contribution in [0.5, 0.6) is 0 Å². The molecule has 8 heteroatoms. The molecule has 0 saturated heterocycles. The van der Waals surface area contributed by atoms with Crippen molar-refractivity contribution >= 4 is 15.9 Å². The molecule has 0 radical (unpaired) electrons. The number of hydrogen-bond donors (Lipinski definition) is 2.